The van der Waals surface area contributed by atoms with Gasteiger partial charge in [0.2, 0.25) is 0 Å². The third-order valence-corrected chi connectivity index (χ3v) is 5.53. The number of fused-ring (bicyclic) bond motifs is 1. The van der Waals surface area contributed by atoms with E-state index in [0.29, 0.717) is 5.56 Å². The Bertz CT molecular complexity index is 1430. The summed E-state index contributed by atoms with van der Waals surface area (Å²) < 4.78 is 6.25. The van der Waals surface area contributed by atoms with Gasteiger partial charge in [-0.15, -0.1) is 0 Å². The molecule has 0 aliphatic heterocycles. The van der Waals surface area contributed by atoms with Crippen molar-refractivity contribution >= 4 is 57.1 Å². The van der Waals surface area contributed by atoms with Crippen LogP contribution in [0.4, 0.5) is 0 Å². The molecule has 4 aromatic carbocycles. The summed E-state index contributed by atoms with van der Waals surface area (Å²) in [5, 5.41) is 0.945. The van der Waals surface area contributed by atoms with Gasteiger partial charge in [-0.1, -0.05) is 91.0 Å². The third-order valence-electron chi connectivity index (χ3n) is 5.53. The van der Waals surface area contributed by atoms with Gasteiger partial charge in [0.15, 0.2) is 5.78 Å². The first-order chi connectivity index (χ1) is 17.3. The fourth-order valence-electron chi connectivity index (χ4n) is 4.03. The number of hydrogen-bond donors (Lipinski definition) is 0. The number of hydrogen-bond acceptors (Lipinski definition) is 1. The van der Waals surface area contributed by atoms with Gasteiger partial charge in [-0.3, -0.25) is 4.79 Å². The molecule has 5 aromatic rings. The van der Waals surface area contributed by atoms with E-state index in [4.69, 9.17) is 44.8 Å². The maximum absolute atomic E-state index is 13.8. The van der Waals surface area contributed by atoms with Gasteiger partial charge >= 0.3 is 60.9 Å². The summed E-state index contributed by atoms with van der Waals surface area (Å²) in [5.41, 5.74) is 4.35. The molecule has 185 valence electrons. The zero-order valence-corrected chi connectivity index (χ0v) is 22.9. The Morgan fingerprint density at radius 2 is 1.17 bits per heavy atom. The van der Waals surface area contributed by atoms with Crippen molar-refractivity contribution in [1.82, 2.24) is 0 Å². The van der Waals surface area contributed by atoms with Gasteiger partial charge in [-0.2, -0.15) is 0 Å². The van der Waals surface area contributed by atoms with Crippen molar-refractivity contribution in [2.75, 3.05) is 0 Å². The Hall–Kier alpha value is -2.36. The summed E-state index contributed by atoms with van der Waals surface area (Å²) >= 11 is 0. The predicted molar refractivity (Wildman–Crippen MR) is 149 cm³/mol. The van der Waals surface area contributed by atoms with Gasteiger partial charge in [0, 0.05) is 17.7 Å². The second kappa shape index (κ2) is 12.3. The number of benzene rings is 4. The SMILES string of the molecule is O=C(c1ccccc1)C(c1ccccc1)c1cc(-c2ccccc2)[o+]c2ccccc12.[Cl][Fe-]([Cl])([Cl])[Cl]. The van der Waals surface area contributed by atoms with E-state index in [1.807, 2.05) is 121 Å². The summed E-state index contributed by atoms with van der Waals surface area (Å²) in [6.45, 7) is 0. The van der Waals surface area contributed by atoms with E-state index in [9.17, 15) is 4.79 Å². The summed E-state index contributed by atoms with van der Waals surface area (Å²) in [6, 6.07) is 39.4. The van der Waals surface area contributed by atoms with Crippen LogP contribution < -0.4 is 0 Å². The van der Waals surface area contributed by atoms with Crippen LogP contribution in [0.15, 0.2) is 126 Å². The molecule has 0 spiro atoms. The van der Waals surface area contributed by atoms with Crippen molar-refractivity contribution in [3.63, 3.8) is 0 Å². The van der Waals surface area contributed by atoms with Crippen LogP contribution in [0.25, 0.3) is 22.3 Å². The quantitative estimate of drug-likeness (QED) is 0.114. The molecule has 1 aromatic heterocycles. The Morgan fingerprint density at radius 3 is 1.78 bits per heavy atom. The molecule has 2 nitrogen and oxygen atoms in total. The molecule has 0 saturated carbocycles. The van der Waals surface area contributed by atoms with Gasteiger partial charge in [-0.05, 0) is 29.3 Å². The van der Waals surface area contributed by atoms with Crippen LogP contribution in [-0.4, -0.2) is 5.78 Å². The molecule has 1 unspecified atom stereocenters. The van der Waals surface area contributed by atoms with E-state index in [-0.39, 0.29) is 5.78 Å². The number of ketones is 1. The van der Waals surface area contributed by atoms with Gasteiger partial charge in [0.1, 0.15) is 0 Å². The van der Waals surface area contributed by atoms with Gasteiger partial charge in [-0.25, -0.2) is 4.42 Å². The first-order valence-electron chi connectivity index (χ1n) is 10.9. The topological polar surface area (TPSA) is 28.4 Å². The van der Waals surface area contributed by atoms with Crippen molar-refractivity contribution < 1.29 is 18.4 Å². The Labute approximate surface area is 229 Å². The number of rotatable bonds is 5. The van der Waals surface area contributed by atoms with Crippen LogP contribution in [0, 0.1) is 0 Å². The number of Topliss-reactive ketones (excluding diaryl/α,β-unsaturated/α-hetero) is 1. The number of carbonyl (C=O) groups excluding carboxylic acids is 1. The first-order valence-corrected chi connectivity index (χ1v) is 17.0. The second-order valence-corrected chi connectivity index (χ2v) is 18.7. The van der Waals surface area contributed by atoms with Crippen LogP contribution in [0.3, 0.4) is 0 Å². The monoisotopic (exact) mass is 597 g/mol. The van der Waals surface area contributed by atoms with Crippen LogP contribution >= 0.6 is 40.4 Å². The van der Waals surface area contributed by atoms with E-state index in [1.165, 1.54) is 0 Å². The number of para-hydroxylation sites is 1. The molecule has 0 radical (unpaired) electrons. The maximum atomic E-state index is 13.8. The van der Waals surface area contributed by atoms with Crippen LogP contribution in [0.5, 0.6) is 0 Å². The van der Waals surface area contributed by atoms with Gasteiger partial charge in [0.05, 0.1) is 16.9 Å². The molecule has 0 bridgehead atoms. The summed E-state index contributed by atoms with van der Waals surface area (Å²) in [6.07, 6.45) is 0. The van der Waals surface area contributed by atoms with Crippen LogP contribution in [0.1, 0.15) is 27.4 Å². The van der Waals surface area contributed by atoms with E-state index < -0.39 is 15.1 Å². The predicted octanol–water partition coefficient (Wildman–Crippen LogP) is 10.2. The molecule has 1 atom stereocenters. The summed E-state index contributed by atoms with van der Waals surface area (Å²) in [5.74, 6) is 0.380. The number of carbonyl (C=O) groups is 1. The van der Waals surface area contributed by atoms with Crippen molar-refractivity contribution in [2.45, 2.75) is 5.92 Å². The Kier molecular flexibility index (Phi) is 9.09. The molecular weight excluding hydrogens is 578 g/mol. The van der Waals surface area contributed by atoms with Crippen molar-refractivity contribution in [3.8, 4) is 11.3 Å². The van der Waals surface area contributed by atoms with E-state index in [2.05, 4.69) is 0 Å². The molecule has 7 heteroatoms. The Morgan fingerprint density at radius 1 is 0.667 bits per heavy atom. The van der Waals surface area contributed by atoms with Gasteiger partial charge in [0.25, 0.3) is 0 Å². The fourth-order valence-corrected chi connectivity index (χ4v) is 4.03. The minimum absolute atomic E-state index is 0.0714. The first kappa shape index (κ1) is 26.7. The molecule has 0 aliphatic rings. The molecule has 1 heterocycles. The van der Waals surface area contributed by atoms with Crippen molar-refractivity contribution in [2.24, 2.45) is 0 Å². The van der Waals surface area contributed by atoms with Gasteiger partial charge < -0.3 is 0 Å². The molecule has 0 fully saturated rings. The standard InChI is InChI=1S/C29H21O2.4ClH.Fe/c30-29(23-16-8-3-9-17-23)28(22-14-6-2-7-15-22)25-20-27(21-12-4-1-5-13-21)31-26-19-11-10-18-24(25)26;;;;;/h1-20,28H;4*1H;/q+1;;;;;+3/p-4. The summed E-state index contributed by atoms with van der Waals surface area (Å²) in [4.78, 5) is 13.8. The van der Waals surface area contributed by atoms with E-state index >= 15 is 0 Å². The molecule has 0 saturated heterocycles. The van der Waals surface area contributed by atoms with E-state index in [0.717, 1.165) is 33.4 Å². The molecule has 0 amide bonds. The molecule has 0 aliphatic carbocycles. The zero-order valence-electron chi connectivity index (χ0n) is 18.8. The van der Waals surface area contributed by atoms with Crippen molar-refractivity contribution in [3.05, 3.63) is 138 Å². The summed E-state index contributed by atoms with van der Waals surface area (Å²) in [7, 11) is 17.2. The van der Waals surface area contributed by atoms with E-state index in [1.54, 1.807) is 0 Å². The van der Waals surface area contributed by atoms with Crippen molar-refractivity contribution in [1.29, 1.82) is 0 Å². The molecule has 0 N–H and O–H groups in total. The molecule has 5 rings (SSSR count). The molecular formula is C29H21Cl4FeO2. The molecule has 36 heavy (non-hydrogen) atoms. The Balaban J connectivity index is 0.000000556. The second-order valence-electron chi connectivity index (χ2n) is 7.81. The average molecular weight is 599 g/mol. The zero-order chi connectivity index (χ0) is 25.5. The minimum atomic E-state index is -2.61. The average Bonchev–Trinajstić information content (AvgIpc) is 2.89. The normalized spacial score (nSPS) is 12.3. The fraction of sp³-hybridized carbons (Fsp3) is 0.0345. The number of halogens is 4. The third kappa shape index (κ3) is 7.11. The van der Waals surface area contributed by atoms with Crippen LogP contribution in [-0.2, 0) is 9.20 Å². The van der Waals surface area contributed by atoms with Crippen LogP contribution in [0.2, 0.25) is 0 Å².